The Kier molecular flexibility index (Phi) is 4.92. The number of allylic oxidation sites excluding steroid dienone is 3. The van der Waals surface area contributed by atoms with Crippen molar-refractivity contribution in [2.24, 2.45) is 5.73 Å². The van der Waals surface area contributed by atoms with E-state index in [2.05, 4.69) is 6.07 Å². The highest BCUT2D eigenvalue weighted by Gasteiger charge is 2.41. The highest BCUT2D eigenvalue weighted by molar-refractivity contribution is 7.12. The molecule has 30 heavy (non-hydrogen) atoms. The first kappa shape index (κ1) is 19.9. The Balaban J connectivity index is 1.99. The van der Waals surface area contributed by atoms with Gasteiger partial charge in [0.25, 0.3) is 5.69 Å². The molecular weight excluding hydrogens is 400 g/mol. The van der Waals surface area contributed by atoms with E-state index < -0.39 is 10.8 Å². The Labute approximate surface area is 177 Å². The number of nitrogens with two attached hydrogens (primary N) is 1. The van der Waals surface area contributed by atoms with Crippen LogP contribution in [0.1, 0.15) is 40.5 Å². The minimum Gasteiger partial charge on any atom is -0.384 e. The van der Waals surface area contributed by atoms with Crippen LogP contribution in [0.25, 0.3) is 0 Å². The first-order chi connectivity index (χ1) is 14.3. The molecule has 152 valence electrons. The molecule has 2 aliphatic rings. The van der Waals surface area contributed by atoms with Gasteiger partial charge in [0.15, 0.2) is 5.78 Å². The number of nitro groups is 1. The number of ketones is 1. The number of non-ortho nitro benzene ring substituents is 1. The van der Waals surface area contributed by atoms with Crippen molar-refractivity contribution in [2.75, 3.05) is 4.90 Å². The van der Waals surface area contributed by atoms with Gasteiger partial charge in [0.05, 0.1) is 28.2 Å². The van der Waals surface area contributed by atoms with Gasteiger partial charge in [-0.2, -0.15) is 5.26 Å². The second kappa shape index (κ2) is 7.43. The maximum Gasteiger partial charge on any atom is 0.271 e. The topological polar surface area (TPSA) is 113 Å². The van der Waals surface area contributed by atoms with Crippen LogP contribution < -0.4 is 10.6 Å². The molecule has 0 bridgehead atoms. The third-order valence-electron chi connectivity index (χ3n) is 5.60. The molecule has 8 heteroatoms. The molecule has 1 aromatic heterocycles. The van der Waals surface area contributed by atoms with Crippen LogP contribution in [0.5, 0.6) is 0 Å². The number of anilines is 1. The second-order valence-electron chi connectivity index (χ2n) is 7.49. The summed E-state index contributed by atoms with van der Waals surface area (Å²) in [5.74, 6) is -0.266. The Hall–Kier alpha value is -3.44. The number of carbonyl (C=O) groups excluding carboxylic acids is 1. The van der Waals surface area contributed by atoms with Crippen LogP contribution in [0.15, 0.2) is 53.0 Å². The molecule has 1 aliphatic heterocycles. The van der Waals surface area contributed by atoms with Crippen LogP contribution in [0, 0.1) is 35.3 Å². The van der Waals surface area contributed by atoms with E-state index in [1.54, 1.807) is 22.3 Å². The zero-order valence-electron chi connectivity index (χ0n) is 16.6. The van der Waals surface area contributed by atoms with Crippen molar-refractivity contribution >= 4 is 28.5 Å². The Morgan fingerprint density at radius 2 is 2.03 bits per heavy atom. The van der Waals surface area contributed by atoms with Crippen molar-refractivity contribution in [1.82, 2.24) is 0 Å². The Morgan fingerprint density at radius 1 is 1.27 bits per heavy atom. The number of hydrogen-bond donors (Lipinski definition) is 1. The van der Waals surface area contributed by atoms with Gasteiger partial charge in [0, 0.05) is 39.6 Å². The fraction of sp³-hybridized carbons (Fsp3) is 0.273. The molecule has 1 aromatic carbocycles. The summed E-state index contributed by atoms with van der Waals surface area (Å²) in [6, 6.07) is 10.7. The van der Waals surface area contributed by atoms with Gasteiger partial charge in [-0.05, 0) is 44.4 Å². The molecule has 0 fully saturated rings. The van der Waals surface area contributed by atoms with E-state index in [1.165, 1.54) is 12.1 Å². The number of thiophene rings is 1. The van der Waals surface area contributed by atoms with E-state index >= 15 is 0 Å². The summed E-state index contributed by atoms with van der Waals surface area (Å²) >= 11 is 1.54. The van der Waals surface area contributed by atoms with E-state index in [0.29, 0.717) is 36.1 Å². The van der Waals surface area contributed by atoms with Gasteiger partial charge in [0.1, 0.15) is 5.82 Å². The van der Waals surface area contributed by atoms with Crippen molar-refractivity contribution in [3.05, 3.63) is 78.4 Å². The summed E-state index contributed by atoms with van der Waals surface area (Å²) in [5, 5.41) is 21.4. The highest BCUT2D eigenvalue weighted by Crippen LogP contribution is 2.48. The largest absolute Gasteiger partial charge is 0.384 e. The highest BCUT2D eigenvalue weighted by atomic mass is 32.1. The molecule has 0 spiro atoms. The SMILES string of the molecule is Cc1ccc(C2C(C#N)=C(N)N(c3cc([N+](=O)[O-])ccc3C)C3=C2C(=O)CCC3)s1. The number of hydrogen-bond acceptors (Lipinski definition) is 7. The predicted octanol–water partition coefficient (Wildman–Crippen LogP) is 4.58. The summed E-state index contributed by atoms with van der Waals surface area (Å²) in [7, 11) is 0. The summed E-state index contributed by atoms with van der Waals surface area (Å²) in [5.41, 5.74) is 9.38. The maximum absolute atomic E-state index is 13.1. The monoisotopic (exact) mass is 420 g/mol. The lowest BCUT2D eigenvalue weighted by atomic mass is 9.78. The number of nitriles is 1. The van der Waals surface area contributed by atoms with E-state index in [9.17, 15) is 20.2 Å². The van der Waals surface area contributed by atoms with Crippen molar-refractivity contribution < 1.29 is 9.72 Å². The van der Waals surface area contributed by atoms with Crippen LogP contribution in [-0.4, -0.2) is 10.7 Å². The average molecular weight is 420 g/mol. The Bertz CT molecular complexity index is 1190. The van der Waals surface area contributed by atoms with Gasteiger partial charge >= 0.3 is 0 Å². The predicted molar refractivity (Wildman–Crippen MR) is 115 cm³/mol. The summed E-state index contributed by atoms with van der Waals surface area (Å²) in [6.07, 6.45) is 1.71. The molecule has 0 saturated heterocycles. The molecule has 7 nitrogen and oxygen atoms in total. The zero-order valence-corrected chi connectivity index (χ0v) is 17.5. The summed E-state index contributed by atoms with van der Waals surface area (Å²) in [6.45, 7) is 3.81. The molecule has 4 rings (SSSR count). The van der Waals surface area contributed by atoms with Crippen molar-refractivity contribution in [3.63, 3.8) is 0 Å². The van der Waals surface area contributed by atoms with Crippen LogP contribution in [0.2, 0.25) is 0 Å². The minimum absolute atomic E-state index is 0.000590. The van der Waals surface area contributed by atoms with Gasteiger partial charge in [-0.15, -0.1) is 11.3 Å². The Morgan fingerprint density at radius 3 is 2.67 bits per heavy atom. The quantitative estimate of drug-likeness (QED) is 0.574. The molecule has 0 saturated carbocycles. The molecule has 2 heterocycles. The molecule has 1 atom stereocenters. The molecular formula is C22H20N4O3S. The zero-order chi connectivity index (χ0) is 21.6. The van der Waals surface area contributed by atoms with E-state index in [1.807, 2.05) is 26.0 Å². The smallest absolute Gasteiger partial charge is 0.271 e. The minimum atomic E-state index is -0.494. The van der Waals surface area contributed by atoms with Gasteiger partial charge in [-0.1, -0.05) is 6.07 Å². The van der Waals surface area contributed by atoms with Crippen LogP contribution in [-0.2, 0) is 4.79 Å². The van der Waals surface area contributed by atoms with Crippen molar-refractivity contribution in [3.8, 4) is 6.07 Å². The van der Waals surface area contributed by atoms with Crippen LogP contribution >= 0.6 is 11.3 Å². The first-order valence-corrected chi connectivity index (χ1v) is 10.4. The lowest BCUT2D eigenvalue weighted by Gasteiger charge is -2.39. The van der Waals surface area contributed by atoms with Gasteiger partial charge in [-0.3, -0.25) is 19.8 Å². The number of rotatable bonds is 3. The number of benzene rings is 1. The number of aryl methyl sites for hydroxylation is 2. The average Bonchev–Trinajstić information content (AvgIpc) is 3.14. The summed E-state index contributed by atoms with van der Waals surface area (Å²) in [4.78, 5) is 27.6. The van der Waals surface area contributed by atoms with E-state index in [-0.39, 0.29) is 17.3 Å². The number of nitrogens with zero attached hydrogens (tertiary/aromatic N) is 3. The molecule has 0 radical (unpaired) electrons. The third-order valence-corrected chi connectivity index (χ3v) is 6.67. The van der Waals surface area contributed by atoms with Gasteiger partial charge in [-0.25, -0.2) is 0 Å². The number of Topliss-reactive ketones (excluding diaryl/α,β-unsaturated/α-hetero) is 1. The first-order valence-electron chi connectivity index (χ1n) is 9.61. The second-order valence-corrected chi connectivity index (χ2v) is 8.81. The third kappa shape index (κ3) is 3.08. The molecule has 0 amide bonds. The standard InChI is InChI=1S/C22H20N4O3S/c1-12-6-8-14(26(28)29)10-17(12)25-16-4-3-5-18(27)21(16)20(15(11-23)22(25)24)19-9-7-13(2)30-19/h6-10,20H,3-5,24H2,1-2H3. The molecule has 2 N–H and O–H groups in total. The molecule has 1 aliphatic carbocycles. The number of nitro benzene ring substituents is 1. The maximum atomic E-state index is 13.1. The lowest BCUT2D eigenvalue weighted by molar-refractivity contribution is -0.384. The van der Waals surface area contributed by atoms with Gasteiger partial charge < -0.3 is 5.73 Å². The van der Waals surface area contributed by atoms with E-state index in [4.69, 9.17) is 5.73 Å². The van der Waals surface area contributed by atoms with Crippen LogP contribution in [0.3, 0.4) is 0 Å². The van der Waals surface area contributed by atoms with Crippen molar-refractivity contribution in [1.29, 1.82) is 5.26 Å². The molecule has 2 aromatic rings. The normalized spacial score (nSPS) is 19.0. The summed E-state index contributed by atoms with van der Waals surface area (Å²) < 4.78 is 0. The fourth-order valence-electron chi connectivity index (χ4n) is 4.21. The van der Waals surface area contributed by atoms with Crippen molar-refractivity contribution in [2.45, 2.75) is 39.0 Å². The number of carbonyl (C=O) groups is 1. The van der Waals surface area contributed by atoms with Gasteiger partial charge in [0.2, 0.25) is 0 Å². The van der Waals surface area contributed by atoms with E-state index in [0.717, 1.165) is 21.0 Å². The lowest BCUT2D eigenvalue weighted by Crippen LogP contribution is -2.38. The fourth-order valence-corrected chi connectivity index (χ4v) is 5.20. The van der Waals surface area contributed by atoms with Crippen LogP contribution in [0.4, 0.5) is 11.4 Å². The molecule has 1 unspecified atom stereocenters.